The van der Waals surface area contributed by atoms with Gasteiger partial charge in [-0.1, -0.05) is 18.2 Å². The highest BCUT2D eigenvalue weighted by atomic mass is 19.4. The van der Waals surface area contributed by atoms with Crippen molar-refractivity contribution >= 4 is 29.3 Å². The Hall–Kier alpha value is -4.73. The van der Waals surface area contributed by atoms with Gasteiger partial charge in [-0.05, 0) is 37.1 Å². The van der Waals surface area contributed by atoms with Crippen molar-refractivity contribution in [3.05, 3.63) is 54.2 Å². The first-order valence-electron chi connectivity index (χ1n) is 12.8. The maximum absolute atomic E-state index is 13.6. The molecule has 0 unspecified atom stereocenters. The molecular weight excluding hydrogens is 523 g/mol. The summed E-state index contributed by atoms with van der Waals surface area (Å²) >= 11 is 0. The van der Waals surface area contributed by atoms with Crippen molar-refractivity contribution in [1.29, 1.82) is 0 Å². The summed E-state index contributed by atoms with van der Waals surface area (Å²) in [6.45, 7) is 2.01. The molecule has 3 aromatic rings. The highest BCUT2D eigenvalue weighted by Crippen LogP contribution is 2.52. The number of pyridine rings is 1. The molecule has 1 atom stereocenters. The Morgan fingerprint density at radius 3 is 2.80 bits per heavy atom. The number of alkyl halides is 3. The number of halogens is 3. The van der Waals surface area contributed by atoms with Gasteiger partial charge in [-0.15, -0.1) is 22.6 Å². The number of anilines is 4. The van der Waals surface area contributed by atoms with Crippen molar-refractivity contribution in [1.82, 2.24) is 15.0 Å². The summed E-state index contributed by atoms with van der Waals surface area (Å²) < 4.78 is 40.8. The van der Waals surface area contributed by atoms with Crippen LogP contribution >= 0.6 is 0 Å². The van der Waals surface area contributed by atoms with Crippen LogP contribution in [0.25, 0.3) is 11.3 Å². The second kappa shape index (κ2) is 9.78. The van der Waals surface area contributed by atoms with Crippen LogP contribution in [0.3, 0.4) is 0 Å². The summed E-state index contributed by atoms with van der Waals surface area (Å²) in [5, 5.41) is 12.5. The summed E-state index contributed by atoms with van der Waals surface area (Å²) in [5.74, 6) is 3.69. The van der Waals surface area contributed by atoms with E-state index in [1.807, 2.05) is 6.07 Å². The Kier molecular flexibility index (Phi) is 6.25. The molecule has 5 heterocycles. The van der Waals surface area contributed by atoms with E-state index < -0.39 is 17.9 Å². The smallest absolute Gasteiger partial charge is 0.366 e. The van der Waals surface area contributed by atoms with Crippen molar-refractivity contribution in [2.45, 2.75) is 37.1 Å². The van der Waals surface area contributed by atoms with Gasteiger partial charge in [-0.3, -0.25) is 10.2 Å². The standard InChI is InChI=1S/C27H24F3N9O/c1-2-3-4-12-31-24-32-13-10-22(34-24)35-25(40)39-19-11-14-38(16-19)21-9-8-20(33-23(21)39)17-6-5-7-18(15-17)26(36-37-26)27(28,29)30/h1,5-10,13,15,19H,3-4,11-12,14,16H2,(H2,31,32,34,35,40)/t19-/m0/s1. The zero-order valence-electron chi connectivity index (χ0n) is 21.2. The van der Waals surface area contributed by atoms with Gasteiger partial charge in [0.1, 0.15) is 5.82 Å². The molecule has 2 bridgehead atoms. The fraction of sp³-hybridized carbons (Fsp3) is 0.333. The largest absolute Gasteiger partial charge is 0.442 e. The summed E-state index contributed by atoms with van der Waals surface area (Å²) in [6.07, 6.45) is 4.33. The van der Waals surface area contributed by atoms with E-state index in [0.717, 1.165) is 25.1 Å². The van der Waals surface area contributed by atoms with E-state index in [4.69, 9.17) is 11.4 Å². The highest BCUT2D eigenvalue weighted by Gasteiger charge is 2.65. The van der Waals surface area contributed by atoms with Crippen molar-refractivity contribution in [3.8, 4) is 23.6 Å². The van der Waals surface area contributed by atoms with E-state index in [1.165, 1.54) is 18.2 Å². The molecule has 1 aromatic carbocycles. The Morgan fingerprint density at radius 2 is 2.02 bits per heavy atom. The lowest BCUT2D eigenvalue weighted by molar-refractivity contribution is -0.166. The van der Waals surface area contributed by atoms with Gasteiger partial charge < -0.3 is 10.2 Å². The van der Waals surface area contributed by atoms with Crippen molar-refractivity contribution in [2.24, 2.45) is 10.2 Å². The average Bonchev–Trinajstić information content (AvgIpc) is 3.68. The number of amides is 2. The number of terminal acetylenes is 1. The maximum atomic E-state index is 13.6. The number of benzene rings is 1. The van der Waals surface area contributed by atoms with Crippen molar-refractivity contribution in [2.75, 3.05) is 40.1 Å². The lowest BCUT2D eigenvalue weighted by atomic mass is 9.99. The summed E-state index contributed by atoms with van der Waals surface area (Å²) in [7, 11) is 0. The van der Waals surface area contributed by atoms with Gasteiger partial charge in [0.2, 0.25) is 5.95 Å². The zero-order valence-corrected chi connectivity index (χ0v) is 21.2. The van der Waals surface area contributed by atoms with Crippen LogP contribution in [-0.4, -0.2) is 52.8 Å². The normalized spacial score (nSPS) is 18.2. The van der Waals surface area contributed by atoms with Crippen molar-refractivity contribution < 1.29 is 18.0 Å². The number of fused-ring (bicyclic) bond motifs is 4. The molecule has 2 N–H and O–H groups in total. The van der Waals surface area contributed by atoms with Gasteiger partial charge in [0.15, 0.2) is 5.82 Å². The van der Waals surface area contributed by atoms with Gasteiger partial charge in [0.05, 0.1) is 17.4 Å². The second-order valence-corrected chi connectivity index (χ2v) is 9.68. The minimum Gasteiger partial charge on any atom is -0.366 e. The Bertz CT molecular complexity index is 1530. The molecule has 0 saturated carbocycles. The van der Waals surface area contributed by atoms with E-state index in [0.29, 0.717) is 48.4 Å². The van der Waals surface area contributed by atoms with Crippen LogP contribution < -0.4 is 20.4 Å². The van der Waals surface area contributed by atoms with Gasteiger partial charge in [0, 0.05) is 43.4 Å². The molecule has 6 rings (SSSR count). The predicted octanol–water partition coefficient (Wildman–Crippen LogP) is 5.18. The molecular formula is C27H24F3N9O. The molecule has 10 nitrogen and oxygen atoms in total. The minimum atomic E-state index is -4.63. The van der Waals surface area contributed by atoms with E-state index in [-0.39, 0.29) is 11.6 Å². The average molecular weight is 548 g/mol. The molecule has 40 heavy (non-hydrogen) atoms. The van der Waals surface area contributed by atoms with E-state index in [2.05, 4.69) is 41.7 Å². The van der Waals surface area contributed by atoms with Gasteiger partial charge in [-0.25, -0.2) is 14.8 Å². The quantitative estimate of drug-likeness (QED) is 0.312. The van der Waals surface area contributed by atoms with Crippen LogP contribution in [0, 0.1) is 12.3 Å². The molecule has 0 aliphatic carbocycles. The number of nitrogens with one attached hydrogen (secondary N) is 2. The maximum Gasteiger partial charge on any atom is 0.442 e. The number of nitrogens with zero attached hydrogens (tertiary/aromatic N) is 7. The third kappa shape index (κ3) is 4.55. The predicted molar refractivity (Wildman–Crippen MR) is 143 cm³/mol. The first-order chi connectivity index (χ1) is 19.3. The van der Waals surface area contributed by atoms with Crippen LogP contribution in [0.5, 0.6) is 0 Å². The summed E-state index contributed by atoms with van der Waals surface area (Å²) in [6, 6.07) is 10.6. The van der Waals surface area contributed by atoms with Crippen LogP contribution in [0.1, 0.15) is 24.8 Å². The number of urea groups is 1. The lowest BCUT2D eigenvalue weighted by Crippen LogP contribution is -2.48. The number of carbonyl (C=O) groups is 1. The van der Waals surface area contributed by atoms with Gasteiger partial charge in [-0.2, -0.15) is 18.2 Å². The van der Waals surface area contributed by atoms with Crippen LogP contribution in [0.15, 0.2) is 58.9 Å². The summed E-state index contributed by atoms with van der Waals surface area (Å²) in [4.78, 5) is 30.7. The van der Waals surface area contributed by atoms with E-state index in [1.54, 1.807) is 29.3 Å². The van der Waals surface area contributed by atoms with Gasteiger partial charge >= 0.3 is 17.9 Å². The first kappa shape index (κ1) is 25.5. The molecule has 1 saturated heterocycles. The molecule has 1 fully saturated rings. The van der Waals surface area contributed by atoms with E-state index in [9.17, 15) is 18.0 Å². The topological polar surface area (TPSA) is 111 Å². The summed E-state index contributed by atoms with van der Waals surface area (Å²) in [5.41, 5.74) is -0.935. The number of hydrogen-bond donors (Lipinski definition) is 2. The molecule has 204 valence electrons. The molecule has 2 amide bonds. The van der Waals surface area contributed by atoms with E-state index >= 15 is 0 Å². The van der Waals surface area contributed by atoms with Gasteiger partial charge in [0.25, 0.3) is 0 Å². The first-order valence-corrected chi connectivity index (χ1v) is 12.8. The molecule has 13 heteroatoms. The number of carbonyl (C=O) groups excluding carboxylic acids is 1. The lowest BCUT2D eigenvalue weighted by Gasteiger charge is -2.35. The monoisotopic (exact) mass is 547 g/mol. The fourth-order valence-corrected chi connectivity index (χ4v) is 5.04. The second-order valence-electron chi connectivity index (χ2n) is 9.68. The Balaban J connectivity index is 1.27. The zero-order chi connectivity index (χ0) is 27.9. The Labute approximate surface area is 227 Å². The van der Waals surface area contributed by atoms with Crippen molar-refractivity contribution in [3.63, 3.8) is 0 Å². The molecule has 0 radical (unpaired) electrons. The highest BCUT2D eigenvalue weighted by molar-refractivity contribution is 6.04. The number of aromatic nitrogens is 3. The Morgan fingerprint density at radius 1 is 1.18 bits per heavy atom. The third-order valence-corrected chi connectivity index (χ3v) is 7.10. The van der Waals surface area contributed by atoms with Crippen LogP contribution in [0.4, 0.5) is 41.2 Å². The van der Waals surface area contributed by atoms with Crippen LogP contribution in [-0.2, 0) is 5.66 Å². The SMILES string of the molecule is C#CCCCNc1nccc(NC(=O)N2c3nc(-c4cccc(C5(C(F)(F)F)N=N5)c4)ccc3N3CC[C@H]2C3)n1. The molecule has 0 spiro atoms. The number of hydrogen-bond acceptors (Lipinski definition) is 8. The van der Waals surface area contributed by atoms with Crippen LogP contribution in [0.2, 0.25) is 0 Å². The number of rotatable bonds is 7. The minimum absolute atomic E-state index is 0.0806. The molecule has 3 aliphatic heterocycles. The third-order valence-electron chi connectivity index (χ3n) is 7.10. The fourth-order valence-electron chi connectivity index (χ4n) is 5.04. The molecule has 2 aromatic heterocycles. The molecule has 3 aliphatic rings. The number of unbranched alkanes of at least 4 members (excludes halogenated alkanes) is 1.